The molecule has 2 fully saturated rings. The number of hydrogen-bond acceptors (Lipinski definition) is 4. The highest BCUT2D eigenvalue weighted by molar-refractivity contribution is 7.80. The summed E-state index contributed by atoms with van der Waals surface area (Å²) in [7, 11) is 1.66. The Bertz CT molecular complexity index is 1460. The van der Waals surface area contributed by atoms with Crippen LogP contribution in [0.4, 0.5) is 5.69 Å². The molecule has 2 unspecified atom stereocenters. The molecule has 2 atom stereocenters. The monoisotopic (exact) mass is 552 g/mol. The summed E-state index contributed by atoms with van der Waals surface area (Å²) in [5.41, 5.74) is 5.95. The van der Waals surface area contributed by atoms with Gasteiger partial charge >= 0.3 is 0 Å². The Balaban J connectivity index is 1.35. The molecule has 4 aromatic rings. The maximum Gasteiger partial charge on any atom is 0.174 e. The predicted molar refractivity (Wildman–Crippen MR) is 163 cm³/mol. The molecule has 6 nitrogen and oxygen atoms in total. The Morgan fingerprint density at radius 1 is 0.875 bits per heavy atom. The molecule has 1 saturated carbocycles. The second-order valence-electron chi connectivity index (χ2n) is 10.8. The third kappa shape index (κ3) is 5.06. The van der Waals surface area contributed by atoms with Crippen LogP contribution in [0.15, 0.2) is 79.0 Å². The Labute approximate surface area is 242 Å². The summed E-state index contributed by atoms with van der Waals surface area (Å²) in [5, 5.41) is 4.31. The molecule has 1 aliphatic carbocycles. The van der Waals surface area contributed by atoms with Crippen LogP contribution in [0.2, 0.25) is 0 Å². The van der Waals surface area contributed by atoms with Crippen molar-refractivity contribution in [2.45, 2.75) is 64.1 Å². The zero-order valence-electron chi connectivity index (χ0n) is 23.3. The molecule has 7 heteroatoms. The lowest BCUT2D eigenvalue weighted by Gasteiger charge is -2.30. The van der Waals surface area contributed by atoms with Crippen molar-refractivity contribution >= 4 is 23.0 Å². The molecule has 3 heterocycles. The summed E-state index contributed by atoms with van der Waals surface area (Å²) in [6.45, 7) is 4.52. The third-order valence-electron chi connectivity index (χ3n) is 8.29. The molecule has 206 valence electrons. The van der Waals surface area contributed by atoms with Gasteiger partial charge in [-0.1, -0.05) is 25.3 Å². The van der Waals surface area contributed by atoms with E-state index in [1.165, 1.54) is 49.1 Å². The van der Waals surface area contributed by atoms with Gasteiger partial charge in [-0.15, -0.1) is 0 Å². The van der Waals surface area contributed by atoms with E-state index >= 15 is 0 Å². The highest BCUT2D eigenvalue weighted by Gasteiger charge is 2.42. The first-order valence-electron chi connectivity index (χ1n) is 14.1. The highest BCUT2D eigenvalue weighted by Crippen LogP contribution is 2.45. The number of hydrogen-bond donors (Lipinski definition) is 1. The molecule has 0 spiro atoms. The van der Waals surface area contributed by atoms with E-state index in [1.54, 1.807) is 7.11 Å². The molecular formula is C33H36N4O2S. The first-order valence-corrected chi connectivity index (χ1v) is 14.6. The van der Waals surface area contributed by atoms with Crippen LogP contribution in [0.25, 0.3) is 0 Å². The Morgan fingerprint density at radius 2 is 1.55 bits per heavy atom. The number of aryl methyl sites for hydroxylation is 1. The van der Waals surface area contributed by atoms with E-state index in [0.29, 0.717) is 11.2 Å². The van der Waals surface area contributed by atoms with Crippen LogP contribution in [0.5, 0.6) is 17.2 Å². The minimum absolute atomic E-state index is 0.0284. The van der Waals surface area contributed by atoms with Gasteiger partial charge in [0.25, 0.3) is 0 Å². The van der Waals surface area contributed by atoms with Crippen LogP contribution < -0.4 is 19.7 Å². The lowest BCUT2D eigenvalue weighted by atomic mass is 9.94. The Kier molecular flexibility index (Phi) is 7.48. The maximum atomic E-state index is 6.09. The zero-order valence-corrected chi connectivity index (χ0v) is 24.2. The van der Waals surface area contributed by atoms with Gasteiger partial charge in [0.2, 0.25) is 0 Å². The number of thiocarbonyl (C=S) groups is 1. The molecule has 1 N–H and O–H groups in total. The SMILES string of the molecule is COc1ccc(Oc2ccc(N3C(=S)NC(c4ccccn4)C3c3cc(C)n(C4CCCCC4)c3C)cc2)cc1. The van der Waals surface area contributed by atoms with Gasteiger partial charge < -0.3 is 24.3 Å². The van der Waals surface area contributed by atoms with Crippen LogP contribution in [-0.4, -0.2) is 21.8 Å². The van der Waals surface area contributed by atoms with Gasteiger partial charge in [0, 0.05) is 29.3 Å². The van der Waals surface area contributed by atoms with Crippen molar-refractivity contribution < 1.29 is 9.47 Å². The largest absolute Gasteiger partial charge is 0.497 e. The van der Waals surface area contributed by atoms with E-state index in [2.05, 4.69) is 52.9 Å². The number of nitrogens with one attached hydrogen (secondary N) is 1. The summed E-state index contributed by atoms with van der Waals surface area (Å²) >= 11 is 5.98. The smallest absolute Gasteiger partial charge is 0.174 e. The Morgan fingerprint density at radius 3 is 2.20 bits per heavy atom. The van der Waals surface area contributed by atoms with Crippen molar-refractivity contribution in [1.29, 1.82) is 0 Å². The minimum atomic E-state index is -0.0655. The summed E-state index contributed by atoms with van der Waals surface area (Å²) < 4.78 is 13.9. The quantitative estimate of drug-likeness (QED) is 0.235. The molecule has 2 aromatic carbocycles. The number of rotatable bonds is 7. The van der Waals surface area contributed by atoms with Crippen LogP contribution >= 0.6 is 12.2 Å². The van der Waals surface area contributed by atoms with E-state index in [1.807, 2.05) is 54.7 Å². The van der Waals surface area contributed by atoms with Crippen molar-refractivity contribution in [3.63, 3.8) is 0 Å². The minimum Gasteiger partial charge on any atom is -0.497 e. The standard InChI is InChI=1S/C33H36N4O2S/c1-22-21-29(23(2)36(22)24-9-5-4-6-10-24)32-31(30-11-7-8-20-34-30)35-33(40)37(32)25-12-14-27(15-13-25)39-28-18-16-26(38-3)17-19-28/h7-8,11-21,24,31-32H,4-6,9-10H2,1-3H3,(H,35,40). The molecule has 0 amide bonds. The molecular weight excluding hydrogens is 516 g/mol. The number of benzene rings is 2. The van der Waals surface area contributed by atoms with E-state index in [9.17, 15) is 0 Å². The Hall–Kier alpha value is -3.84. The van der Waals surface area contributed by atoms with E-state index in [4.69, 9.17) is 26.7 Å². The molecule has 2 aliphatic rings. The van der Waals surface area contributed by atoms with Gasteiger partial charge in [-0.2, -0.15) is 0 Å². The van der Waals surface area contributed by atoms with Gasteiger partial charge in [-0.05, 0) is 111 Å². The third-order valence-corrected chi connectivity index (χ3v) is 8.60. The normalized spacial score (nSPS) is 19.5. The van der Waals surface area contributed by atoms with Gasteiger partial charge in [-0.25, -0.2) is 0 Å². The second kappa shape index (κ2) is 11.3. The summed E-state index contributed by atoms with van der Waals surface area (Å²) in [6, 6.07) is 24.7. The average Bonchev–Trinajstić information content (AvgIpc) is 3.49. The maximum absolute atomic E-state index is 6.09. The van der Waals surface area contributed by atoms with Crippen molar-refractivity contribution in [2.75, 3.05) is 12.0 Å². The number of nitrogens with zero attached hydrogens (tertiary/aromatic N) is 3. The first-order chi connectivity index (χ1) is 19.5. The van der Waals surface area contributed by atoms with Crippen LogP contribution in [0.1, 0.15) is 72.9 Å². The van der Waals surface area contributed by atoms with Crippen molar-refractivity contribution in [2.24, 2.45) is 0 Å². The summed E-state index contributed by atoms with van der Waals surface area (Å²) in [4.78, 5) is 6.99. The van der Waals surface area contributed by atoms with Crippen molar-refractivity contribution in [3.05, 3.63) is 102 Å². The van der Waals surface area contributed by atoms with E-state index in [0.717, 1.165) is 28.6 Å². The summed E-state index contributed by atoms with van der Waals surface area (Å²) in [5.74, 6) is 2.32. The lowest BCUT2D eigenvalue weighted by Crippen LogP contribution is -2.29. The van der Waals surface area contributed by atoms with Crippen LogP contribution in [0, 0.1) is 13.8 Å². The van der Waals surface area contributed by atoms with Crippen molar-refractivity contribution in [1.82, 2.24) is 14.9 Å². The fourth-order valence-electron chi connectivity index (χ4n) is 6.41. The molecule has 1 saturated heterocycles. The molecule has 40 heavy (non-hydrogen) atoms. The topological polar surface area (TPSA) is 51.6 Å². The van der Waals surface area contributed by atoms with Crippen LogP contribution in [-0.2, 0) is 0 Å². The summed E-state index contributed by atoms with van der Waals surface area (Å²) in [6.07, 6.45) is 8.31. The zero-order chi connectivity index (χ0) is 27.6. The number of methoxy groups -OCH3 is 1. The lowest BCUT2D eigenvalue weighted by molar-refractivity contribution is 0.345. The number of anilines is 1. The first kappa shape index (κ1) is 26.4. The van der Waals surface area contributed by atoms with Crippen molar-refractivity contribution in [3.8, 4) is 17.2 Å². The van der Waals surface area contributed by atoms with Gasteiger partial charge in [0.1, 0.15) is 17.2 Å². The molecule has 6 rings (SSSR count). The van der Waals surface area contributed by atoms with Gasteiger partial charge in [0.05, 0.1) is 24.9 Å². The number of ether oxygens (including phenoxy) is 2. The fourth-order valence-corrected chi connectivity index (χ4v) is 6.75. The molecule has 2 aromatic heterocycles. The molecule has 0 radical (unpaired) electrons. The number of aromatic nitrogens is 2. The van der Waals surface area contributed by atoms with Gasteiger partial charge in [-0.3, -0.25) is 4.98 Å². The van der Waals surface area contributed by atoms with Crippen LogP contribution in [0.3, 0.4) is 0 Å². The molecule has 0 bridgehead atoms. The average molecular weight is 553 g/mol. The van der Waals surface area contributed by atoms with E-state index in [-0.39, 0.29) is 12.1 Å². The second-order valence-corrected chi connectivity index (χ2v) is 11.1. The fraction of sp³-hybridized carbons (Fsp3) is 0.333. The predicted octanol–water partition coefficient (Wildman–Crippen LogP) is 7.98. The number of pyridine rings is 1. The highest BCUT2D eigenvalue weighted by atomic mass is 32.1. The van der Waals surface area contributed by atoms with E-state index < -0.39 is 0 Å². The van der Waals surface area contributed by atoms with Gasteiger partial charge in [0.15, 0.2) is 5.11 Å². The molecule has 1 aliphatic heterocycles.